The quantitative estimate of drug-likeness (QED) is 0.498. The highest BCUT2D eigenvalue weighted by Crippen LogP contribution is 2.34. The molecule has 6 heteroatoms. The van der Waals surface area contributed by atoms with E-state index in [2.05, 4.69) is 17.4 Å². The Balaban J connectivity index is 1.42. The molecule has 1 heterocycles. The van der Waals surface area contributed by atoms with Crippen LogP contribution in [0.15, 0.2) is 78.9 Å². The molecule has 1 aliphatic heterocycles. The van der Waals surface area contributed by atoms with E-state index < -0.39 is 0 Å². The zero-order valence-corrected chi connectivity index (χ0v) is 18.2. The number of nitrogens with zero attached hydrogens (tertiary/aromatic N) is 1. The van der Waals surface area contributed by atoms with E-state index in [0.717, 1.165) is 18.4 Å². The molecular weight excluding hydrogens is 424 g/mol. The summed E-state index contributed by atoms with van der Waals surface area (Å²) in [6.07, 6.45) is 4.89. The van der Waals surface area contributed by atoms with Gasteiger partial charge in [-0.25, -0.2) is 0 Å². The van der Waals surface area contributed by atoms with Gasteiger partial charge in [-0.2, -0.15) is 0 Å². The van der Waals surface area contributed by atoms with Crippen LogP contribution in [0.5, 0.6) is 5.75 Å². The second-order valence-electron chi connectivity index (χ2n) is 7.48. The lowest BCUT2D eigenvalue weighted by atomic mass is 10.1. The molecule has 32 heavy (non-hydrogen) atoms. The van der Waals surface area contributed by atoms with E-state index in [9.17, 15) is 9.59 Å². The van der Waals surface area contributed by atoms with Crippen molar-refractivity contribution in [3.63, 3.8) is 0 Å². The first kappa shape index (κ1) is 21.7. The van der Waals surface area contributed by atoms with Crippen LogP contribution < -0.4 is 15.0 Å². The molecule has 0 spiro atoms. The Kier molecular flexibility index (Phi) is 6.87. The molecule has 0 radical (unpaired) electrons. The third kappa shape index (κ3) is 5.56. The van der Waals surface area contributed by atoms with Gasteiger partial charge < -0.3 is 15.0 Å². The topological polar surface area (TPSA) is 58.6 Å². The van der Waals surface area contributed by atoms with Gasteiger partial charge in [-0.3, -0.25) is 9.59 Å². The summed E-state index contributed by atoms with van der Waals surface area (Å²) in [5.41, 5.74) is 3.38. The van der Waals surface area contributed by atoms with Crippen molar-refractivity contribution in [3.05, 3.63) is 95.0 Å². The number of carbonyl (C=O) groups excluding carboxylic acids is 2. The van der Waals surface area contributed by atoms with Gasteiger partial charge in [0.1, 0.15) is 5.75 Å². The zero-order valence-electron chi connectivity index (χ0n) is 17.5. The minimum Gasteiger partial charge on any atom is -0.482 e. The second-order valence-corrected chi connectivity index (χ2v) is 7.92. The normalized spacial score (nSPS) is 13.0. The first-order valence-corrected chi connectivity index (χ1v) is 10.8. The Labute approximate surface area is 192 Å². The summed E-state index contributed by atoms with van der Waals surface area (Å²) in [5, 5.41) is 3.49. The van der Waals surface area contributed by atoms with Gasteiger partial charge in [0.15, 0.2) is 6.61 Å². The van der Waals surface area contributed by atoms with Gasteiger partial charge in [0.25, 0.3) is 5.91 Å². The number of nitrogens with one attached hydrogen (secondary N) is 1. The van der Waals surface area contributed by atoms with Gasteiger partial charge in [0.05, 0.1) is 5.69 Å². The predicted octanol–water partition coefficient (Wildman–Crippen LogP) is 5.35. The summed E-state index contributed by atoms with van der Waals surface area (Å²) in [6, 6.07) is 22.7. The number of anilines is 2. The molecule has 0 saturated carbocycles. The fourth-order valence-corrected chi connectivity index (χ4v) is 3.67. The molecule has 4 rings (SSSR count). The molecule has 1 aliphatic rings. The number of benzene rings is 3. The third-order valence-electron chi connectivity index (χ3n) is 5.16. The highest BCUT2D eigenvalue weighted by atomic mass is 35.5. The monoisotopic (exact) mass is 446 g/mol. The molecular formula is C26H23ClN2O3. The Morgan fingerprint density at radius 1 is 1.06 bits per heavy atom. The number of halogens is 1. The average Bonchev–Trinajstić information content (AvgIpc) is 2.81. The highest BCUT2D eigenvalue weighted by Gasteiger charge is 2.25. The van der Waals surface area contributed by atoms with Crippen LogP contribution >= 0.6 is 11.6 Å². The summed E-state index contributed by atoms with van der Waals surface area (Å²) in [7, 11) is 0. The van der Waals surface area contributed by atoms with Gasteiger partial charge in [-0.05, 0) is 60.4 Å². The summed E-state index contributed by atoms with van der Waals surface area (Å²) in [5.74, 6) is 0.286. The Morgan fingerprint density at radius 3 is 2.62 bits per heavy atom. The van der Waals surface area contributed by atoms with E-state index in [4.69, 9.17) is 16.3 Å². The van der Waals surface area contributed by atoms with Gasteiger partial charge >= 0.3 is 0 Å². The van der Waals surface area contributed by atoms with Gasteiger partial charge in [0, 0.05) is 23.3 Å². The molecule has 0 atom stereocenters. The Morgan fingerprint density at radius 2 is 1.84 bits per heavy atom. The van der Waals surface area contributed by atoms with E-state index in [1.165, 1.54) is 11.6 Å². The van der Waals surface area contributed by atoms with Crippen LogP contribution in [-0.2, 0) is 16.0 Å². The molecule has 0 fully saturated rings. The Hall–Kier alpha value is -3.57. The summed E-state index contributed by atoms with van der Waals surface area (Å²) >= 11 is 5.88. The van der Waals surface area contributed by atoms with Crippen LogP contribution in [0.1, 0.15) is 17.5 Å². The minimum atomic E-state index is -0.265. The molecule has 0 unspecified atom stereocenters. The minimum absolute atomic E-state index is 0.0217. The van der Waals surface area contributed by atoms with Crippen molar-refractivity contribution in [2.45, 2.75) is 12.8 Å². The van der Waals surface area contributed by atoms with E-state index in [0.29, 0.717) is 28.7 Å². The summed E-state index contributed by atoms with van der Waals surface area (Å²) in [4.78, 5) is 26.6. The second kappa shape index (κ2) is 10.2. The molecule has 0 saturated heterocycles. The number of rotatable bonds is 7. The maximum absolute atomic E-state index is 12.5. The van der Waals surface area contributed by atoms with Crippen molar-refractivity contribution in [1.82, 2.24) is 0 Å². The number of amides is 2. The standard InChI is InChI=1S/C26H23ClN2O3/c27-21-11-8-20(9-12-21)10-15-25(30)28-22-13-14-24-23(17-22)29(26(31)18-32-24)16-4-7-19-5-2-1-3-6-19/h1-3,5-6,8-15,17H,4,7,16,18H2,(H,28,30)/b15-10+. The number of hydrogen-bond donors (Lipinski definition) is 1. The largest absolute Gasteiger partial charge is 0.482 e. The lowest BCUT2D eigenvalue weighted by molar-refractivity contribution is -0.121. The lowest BCUT2D eigenvalue weighted by Crippen LogP contribution is -2.39. The molecule has 0 bridgehead atoms. The summed E-state index contributed by atoms with van der Waals surface area (Å²) in [6.45, 7) is 0.603. The number of aryl methyl sites for hydroxylation is 1. The van der Waals surface area contributed by atoms with E-state index >= 15 is 0 Å². The van der Waals surface area contributed by atoms with Crippen molar-refractivity contribution in [1.29, 1.82) is 0 Å². The zero-order chi connectivity index (χ0) is 22.3. The van der Waals surface area contributed by atoms with Crippen LogP contribution in [0, 0.1) is 0 Å². The average molecular weight is 447 g/mol. The van der Waals surface area contributed by atoms with Crippen molar-refractivity contribution in [2.75, 3.05) is 23.4 Å². The first-order valence-electron chi connectivity index (χ1n) is 10.4. The maximum atomic E-state index is 12.5. The van der Waals surface area contributed by atoms with Crippen LogP contribution in [0.3, 0.4) is 0 Å². The van der Waals surface area contributed by atoms with E-state index in [1.807, 2.05) is 30.3 Å². The van der Waals surface area contributed by atoms with Crippen molar-refractivity contribution in [2.24, 2.45) is 0 Å². The molecule has 3 aromatic rings. The first-order chi connectivity index (χ1) is 15.6. The number of fused-ring (bicyclic) bond motifs is 1. The molecule has 0 aliphatic carbocycles. The van der Waals surface area contributed by atoms with Crippen LogP contribution in [-0.4, -0.2) is 25.0 Å². The molecule has 3 aromatic carbocycles. The number of ether oxygens (including phenoxy) is 1. The van der Waals surface area contributed by atoms with Gasteiger partial charge in [-0.1, -0.05) is 54.1 Å². The molecule has 2 amide bonds. The fourth-order valence-electron chi connectivity index (χ4n) is 3.54. The molecule has 162 valence electrons. The molecule has 0 aromatic heterocycles. The number of carbonyl (C=O) groups is 2. The van der Waals surface area contributed by atoms with Crippen molar-refractivity contribution in [3.8, 4) is 5.75 Å². The number of hydrogen-bond acceptors (Lipinski definition) is 3. The van der Waals surface area contributed by atoms with Crippen LogP contribution in [0.25, 0.3) is 6.08 Å². The van der Waals surface area contributed by atoms with Gasteiger partial charge in [-0.15, -0.1) is 0 Å². The van der Waals surface area contributed by atoms with E-state index in [-0.39, 0.29) is 18.4 Å². The van der Waals surface area contributed by atoms with Gasteiger partial charge in [0.2, 0.25) is 5.91 Å². The SMILES string of the molecule is O=C(/C=C/c1ccc(Cl)cc1)Nc1ccc2c(c1)N(CCCc1ccccc1)C(=O)CO2. The molecule has 1 N–H and O–H groups in total. The lowest BCUT2D eigenvalue weighted by Gasteiger charge is -2.30. The maximum Gasteiger partial charge on any atom is 0.265 e. The molecule has 5 nitrogen and oxygen atoms in total. The smallest absolute Gasteiger partial charge is 0.265 e. The fraction of sp³-hybridized carbons (Fsp3) is 0.154. The Bertz CT molecular complexity index is 1130. The summed E-state index contributed by atoms with van der Waals surface area (Å²) < 4.78 is 5.58. The highest BCUT2D eigenvalue weighted by molar-refractivity contribution is 6.30. The van der Waals surface area contributed by atoms with Crippen LogP contribution in [0.4, 0.5) is 11.4 Å². The van der Waals surface area contributed by atoms with Crippen molar-refractivity contribution >= 4 is 40.9 Å². The third-order valence-corrected chi connectivity index (χ3v) is 5.41. The predicted molar refractivity (Wildman–Crippen MR) is 128 cm³/mol. The van der Waals surface area contributed by atoms with Crippen molar-refractivity contribution < 1.29 is 14.3 Å². The van der Waals surface area contributed by atoms with E-state index in [1.54, 1.807) is 41.3 Å². The van der Waals surface area contributed by atoms with Crippen LogP contribution in [0.2, 0.25) is 5.02 Å².